The lowest BCUT2D eigenvalue weighted by Crippen LogP contribution is -2.02. The molecule has 3 rings (SSSR count). The fourth-order valence-electron chi connectivity index (χ4n) is 2.79. The topological polar surface area (TPSA) is 48.7 Å². The van der Waals surface area contributed by atoms with Gasteiger partial charge in [-0.3, -0.25) is 4.98 Å². The monoisotopic (exact) mass is 301 g/mol. The molecule has 3 aromatic rings. The van der Waals surface area contributed by atoms with Crippen LogP contribution in [0.15, 0.2) is 54.9 Å². The molecule has 0 aliphatic heterocycles. The number of nitriles is 1. The van der Waals surface area contributed by atoms with Crippen molar-refractivity contribution in [3.8, 4) is 17.2 Å². The van der Waals surface area contributed by atoms with Gasteiger partial charge < -0.3 is 5.32 Å². The average Bonchev–Trinajstić information content (AvgIpc) is 2.61. The predicted molar refractivity (Wildman–Crippen MR) is 95.3 cm³/mol. The normalized spacial score (nSPS) is 10.4. The summed E-state index contributed by atoms with van der Waals surface area (Å²) in [4.78, 5) is 4.29. The summed E-state index contributed by atoms with van der Waals surface area (Å²) in [7, 11) is 0. The summed E-state index contributed by atoms with van der Waals surface area (Å²) in [5, 5.41) is 14.9. The molecule has 1 aromatic heterocycles. The maximum absolute atomic E-state index is 9.32. The van der Waals surface area contributed by atoms with Crippen molar-refractivity contribution in [1.29, 1.82) is 5.26 Å². The van der Waals surface area contributed by atoms with Crippen LogP contribution in [0.25, 0.3) is 21.9 Å². The van der Waals surface area contributed by atoms with Crippen molar-refractivity contribution >= 4 is 16.5 Å². The first kappa shape index (κ1) is 15.1. The van der Waals surface area contributed by atoms with Crippen LogP contribution in [0.4, 0.5) is 5.69 Å². The van der Waals surface area contributed by atoms with E-state index in [2.05, 4.69) is 29.4 Å². The minimum absolute atomic E-state index is 0.703. The Morgan fingerprint density at radius 3 is 2.65 bits per heavy atom. The van der Waals surface area contributed by atoms with Crippen molar-refractivity contribution in [3.63, 3.8) is 0 Å². The number of pyridine rings is 1. The zero-order valence-corrected chi connectivity index (χ0v) is 13.2. The number of unbranched alkanes of at least 4 members (excludes halogenated alkanes) is 1. The number of hydrogen-bond donors (Lipinski definition) is 1. The zero-order chi connectivity index (χ0) is 16.1. The van der Waals surface area contributed by atoms with Gasteiger partial charge >= 0.3 is 0 Å². The Bertz CT molecular complexity index is 862. The molecule has 0 aliphatic rings. The third kappa shape index (κ3) is 3.02. The van der Waals surface area contributed by atoms with Gasteiger partial charge in [-0.25, -0.2) is 0 Å². The van der Waals surface area contributed by atoms with Gasteiger partial charge in [0.05, 0.1) is 11.6 Å². The van der Waals surface area contributed by atoms with E-state index in [4.69, 9.17) is 0 Å². The van der Waals surface area contributed by atoms with E-state index in [9.17, 15) is 5.26 Å². The van der Waals surface area contributed by atoms with Gasteiger partial charge in [0.2, 0.25) is 0 Å². The highest BCUT2D eigenvalue weighted by molar-refractivity contribution is 6.01. The lowest BCUT2D eigenvalue weighted by atomic mass is 9.95. The Kier molecular flexibility index (Phi) is 4.54. The number of rotatable bonds is 5. The molecule has 0 saturated carbocycles. The van der Waals surface area contributed by atoms with Crippen molar-refractivity contribution in [2.75, 3.05) is 11.9 Å². The summed E-state index contributed by atoms with van der Waals surface area (Å²) >= 11 is 0. The van der Waals surface area contributed by atoms with Gasteiger partial charge in [-0.05, 0) is 29.5 Å². The quantitative estimate of drug-likeness (QED) is 0.676. The van der Waals surface area contributed by atoms with E-state index in [1.54, 1.807) is 0 Å². The Hall–Kier alpha value is -2.86. The van der Waals surface area contributed by atoms with E-state index < -0.39 is 0 Å². The molecule has 3 nitrogen and oxygen atoms in total. The van der Waals surface area contributed by atoms with Crippen LogP contribution in [0.5, 0.6) is 0 Å². The van der Waals surface area contributed by atoms with E-state index in [1.165, 1.54) is 0 Å². The van der Waals surface area contributed by atoms with E-state index in [0.717, 1.165) is 47.0 Å². The number of nitrogens with zero attached hydrogens (tertiary/aromatic N) is 2. The number of benzene rings is 2. The van der Waals surface area contributed by atoms with Crippen molar-refractivity contribution in [3.05, 3.63) is 60.4 Å². The standard InChI is InChI=1S/C20H19N3/c1-2-3-11-23-20-10-12-22-14-19(20)18-9-8-15(13-21)16-6-4-5-7-17(16)18/h4-10,12,14H,2-3,11H2,1H3,(H,22,23). The molecule has 0 fully saturated rings. The van der Waals surface area contributed by atoms with Crippen LogP contribution < -0.4 is 5.32 Å². The first-order valence-electron chi connectivity index (χ1n) is 7.95. The molecule has 0 bridgehead atoms. The molecular formula is C20H19N3. The summed E-state index contributed by atoms with van der Waals surface area (Å²) in [5.41, 5.74) is 3.97. The van der Waals surface area contributed by atoms with Crippen molar-refractivity contribution in [2.24, 2.45) is 0 Å². The van der Waals surface area contributed by atoms with Crippen LogP contribution in [0.2, 0.25) is 0 Å². The smallest absolute Gasteiger partial charge is 0.0998 e. The summed E-state index contributed by atoms with van der Waals surface area (Å²) in [6.45, 7) is 3.13. The largest absolute Gasteiger partial charge is 0.384 e. The van der Waals surface area contributed by atoms with E-state index >= 15 is 0 Å². The Morgan fingerprint density at radius 1 is 1.04 bits per heavy atom. The van der Waals surface area contributed by atoms with E-state index in [1.807, 2.05) is 48.8 Å². The minimum atomic E-state index is 0.703. The Morgan fingerprint density at radius 2 is 1.87 bits per heavy atom. The number of aromatic nitrogens is 1. The number of nitrogens with one attached hydrogen (secondary N) is 1. The van der Waals surface area contributed by atoms with Crippen LogP contribution in [0, 0.1) is 11.3 Å². The molecule has 0 atom stereocenters. The van der Waals surface area contributed by atoms with Crippen LogP contribution in [-0.2, 0) is 0 Å². The number of fused-ring (bicyclic) bond motifs is 1. The zero-order valence-electron chi connectivity index (χ0n) is 13.2. The first-order chi connectivity index (χ1) is 11.3. The maximum atomic E-state index is 9.32. The van der Waals surface area contributed by atoms with Gasteiger partial charge in [0.1, 0.15) is 0 Å². The lowest BCUT2D eigenvalue weighted by molar-refractivity contribution is 0.834. The highest BCUT2D eigenvalue weighted by atomic mass is 14.9. The highest BCUT2D eigenvalue weighted by Crippen LogP contribution is 2.34. The van der Waals surface area contributed by atoms with Crippen molar-refractivity contribution < 1.29 is 0 Å². The predicted octanol–water partition coefficient (Wildman–Crippen LogP) is 4.99. The molecule has 1 heterocycles. The molecule has 3 heteroatoms. The van der Waals surface area contributed by atoms with E-state index in [-0.39, 0.29) is 0 Å². The second-order valence-corrected chi connectivity index (χ2v) is 5.52. The van der Waals surface area contributed by atoms with Crippen molar-refractivity contribution in [1.82, 2.24) is 4.98 Å². The minimum Gasteiger partial charge on any atom is -0.384 e. The SMILES string of the molecule is CCCCNc1ccncc1-c1ccc(C#N)c2ccccc12. The number of anilines is 1. The van der Waals surface area contributed by atoms with Gasteiger partial charge in [0.25, 0.3) is 0 Å². The lowest BCUT2D eigenvalue weighted by Gasteiger charge is -2.14. The van der Waals surface area contributed by atoms with Gasteiger partial charge in [-0.2, -0.15) is 5.26 Å². The van der Waals surface area contributed by atoms with Crippen LogP contribution in [0.3, 0.4) is 0 Å². The molecule has 0 radical (unpaired) electrons. The maximum Gasteiger partial charge on any atom is 0.0998 e. The summed E-state index contributed by atoms with van der Waals surface area (Å²) in [6.07, 6.45) is 5.99. The molecule has 0 saturated heterocycles. The molecule has 0 aliphatic carbocycles. The first-order valence-corrected chi connectivity index (χ1v) is 7.95. The van der Waals surface area contributed by atoms with Gasteiger partial charge in [0.15, 0.2) is 0 Å². The molecule has 114 valence electrons. The Labute approximate surface area is 136 Å². The summed E-state index contributed by atoms with van der Waals surface area (Å²) in [5.74, 6) is 0. The van der Waals surface area contributed by atoms with Crippen LogP contribution in [-0.4, -0.2) is 11.5 Å². The molecule has 23 heavy (non-hydrogen) atoms. The summed E-state index contributed by atoms with van der Waals surface area (Å²) in [6, 6.07) is 16.2. The van der Waals surface area contributed by atoms with Gasteiger partial charge in [0, 0.05) is 35.6 Å². The third-order valence-corrected chi connectivity index (χ3v) is 4.00. The highest BCUT2D eigenvalue weighted by Gasteiger charge is 2.10. The van der Waals surface area contributed by atoms with E-state index in [0.29, 0.717) is 5.56 Å². The second kappa shape index (κ2) is 6.93. The van der Waals surface area contributed by atoms with Crippen molar-refractivity contribution in [2.45, 2.75) is 19.8 Å². The number of hydrogen-bond acceptors (Lipinski definition) is 3. The van der Waals surface area contributed by atoms with Crippen LogP contribution in [0.1, 0.15) is 25.3 Å². The summed E-state index contributed by atoms with van der Waals surface area (Å²) < 4.78 is 0. The molecule has 1 N–H and O–H groups in total. The molecule has 0 spiro atoms. The molecule has 0 amide bonds. The average molecular weight is 301 g/mol. The van der Waals surface area contributed by atoms with Gasteiger partial charge in [-0.1, -0.05) is 43.7 Å². The fraction of sp³-hybridized carbons (Fsp3) is 0.200. The third-order valence-electron chi connectivity index (χ3n) is 4.00. The van der Waals surface area contributed by atoms with Crippen LogP contribution >= 0.6 is 0 Å². The molecule has 0 unspecified atom stereocenters. The molecular weight excluding hydrogens is 282 g/mol. The second-order valence-electron chi connectivity index (χ2n) is 5.52. The Balaban J connectivity index is 2.13. The molecule has 2 aromatic carbocycles. The van der Waals surface area contributed by atoms with Gasteiger partial charge in [-0.15, -0.1) is 0 Å². The fourth-order valence-corrected chi connectivity index (χ4v) is 2.79.